The topological polar surface area (TPSA) is 70.1 Å². The molecule has 0 fully saturated rings. The van der Waals surface area contributed by atoms with Crippen molar-refractivity contribution in [3.05, 3.63) is 84.7 Å². The molecule has 0 radical (unpaired) electrons. The van der Waals surface area contributed by atoms with E-state index < -0.39 is 0 Å². The van der Waals surface area contributed by atoms with Crippen LogP contribution in [-0.4, -0.2) is 6.21 Å². The van der Waals surface area contributed by atoms with E-state index >= 15 is 0 Å². The van der Waals surface area contributed by atoms with Crippen LogP contribution in [0.25, 0.3) is 0 Å². The summed E-state index contributed by atoms with van der Waals surface area (Å²) in [5, 5.41) is 19.3. The molecule has 5 heteroatoms. The molecule has 0 unspecified atom stereocenters. The second-order valence-corrected chi connectivity index (χ2v) is 3.50. The van der Waals surface area contributed by atoms with Gasteiger partial charge in [0.1, 0.15) is 6.26 Å². The van der Waals surface area contributed by atoms with Gasteiger partial charge >= 0.3 is 0 Å². The fourth-order valence-corrected chi connectivity index (χ4v) is 1.10. The van der Waals surface area contributed by atoms with Gasteiger partial charge in [0.2, 0.25) is 0 Å². The van der Waals surface area contributed by atoms with Gasteiger partial charge in [-0.25, -0.2) is 0 Å². The van der Waals surface area contributed by atoms with Crippen LogP contribution < -0.4 is 0 Å². The number of rotatable bonds is 0. The number of hydrogen-bond donors (Lipinski definition) is 0. The second-order valence-electron chi connectivity index (χ2n) is 3.50. The van der Waals surface area contributed by atoms with Crippen LogP contribution in [0, 0.1) is 11.3 Å². The molecule has 0 amide bonds. The molecule has 104 valence electrons. The molecule has 0 aliphatic carbocycles. The maximum absolute atomic E-state index is 8.94. The van der Waals surface area contributed by atoms with Gasteiger partial charge in [0, 0.05) is 0 Å². The van der Waals surface area contributed by atoms with E-state index in [0.29, 0.717) is 5.57 Å². The third kappa shape index (κ3) is 9.33. The van der Waals surface area contributed by atoms with Crippen LogP contribution in [-0.2, 0) is 4.84 Å². The van der Waals surface area contributed by atoms with E-state index in [2.05, 4.69) is 21.7 Å². The molecule has 0 atom stereocenters. The lowest BCUT2D eigenvalue weighted by Gasteiger charge is -1.82. The van der Waals surface area contributed by atoms with Crippen LogP contribution in [0.5, 0.6) is 0 Å². The number of allylic oxidation sites excluding steroid dienone is 13. The predicted molar refractivity (Wildman–Crippen MR) is 83.0 cm³/mol. The van der Waals surface area contributed by atoms with Crippen molar-refractivity contribution in [1.29, 1.82) is 5.26 Å². The van der Waals surface area contributed by atoms with Gasteiger partial charge in [0.25, 0.3) is 0 Å². The first-order valence-electron chi connectivity index (χ1n) is 6.13. The van der Waals surface area contributed by atoms with Crippen LogP contribution >= 0.6 is 0 Å². The van der Waals surface area contributed by atoms with Gasteiger partial charge in [-0.2, -0.15) is 5.26 Å². The molecule has 0 saturated carbocycles. The zero-order valence-electron chi connectivity index (χ0n) is 11.3. The smallest absolute Gasteiger partial charge is 0.124 e. The Kier molecular flexibility index (Phi) is 8.88. The Bertz CT molecular complexity index is 609. The third-order valence-electron chi connectivity index (χ3n) is 2.00. The highest BCUT2D eigenvalue weighted by atomic mass is 16.6. The average Bonchev–Trinajstić information content (AvgIpc) is 2.51. The van der Waals surface area contributed by atoms with Crippen molar-refractivity contribution in [2.45, 2.75) is 0 Å². The minimum Gasteiger partial charge on any atom is -0.346 e. The lowest BCUT2D eigenvalue weighted by molar-refractivity contribution is 0.237. The van der Waals surface area contributed by atoms with E-state index in [4.69, 9.17) is 10.1 Å². The fraction of sp³-hybridized carbons (Fsp3) is 0. The summed E-state index contributed by atoms with van der Waals surface area (Å²) in [5.74, 6) is 0. The summed E-state index contributed by atoms with van der Waals surface area (Å²) in [6.45, 7) is 0. The molecule has 0 saturated heterocycles. The van der Waals surface area contributed by atoms with Gasteiger partial charge in [-0.1, -0.05) is 48.6 Å². The van der Waals surface area contributed by atoms with Gasteiger partial charge in [0.05, 0.1) is 23.1 Å². The first-order chi connectivity index (χ1) is 10.4. The van der Waals surface area contributed by atoms with Crippen LogP contribution in [0.15, 0.2) is 100 Å². The lowest BCUT2D eigenvalue weighted by Crippen LogP contribution is -1.69. The van der Waals surface area contributed by atoms with Crippen molar-refractivity contribution in [2.24, 2.45) is 15.6 Å². The molecule has 1 aliphatic rings. The zero-order chi connectivity index (χ0) is 15.0. The monoisotopic (exact) mass is 278 g/mol. The number of nitrogens with zero attached hydrogens (tertiary/aromatic N) is 4. The van der Waals surface area contributed by atoms with Gasteiger partial charge in [-0.05, 0) is 29.5 Å². The van der Waals surface area contributed by atoms with Crippen LogP contribution in [0.4, 0.5) is 0 Å². The Balaban J connectivity index is 2.81. The number of hydrogen-bond acceptors (Lipinski definition) is 5. The second kappa shape index (κ2) is 11.8. The summed E-state index contributed by atoms with van der Waals surface area (Å²) in [6, 6.07) is 2.08. The minimum absolute atomic E-state index is 0.528. The van der Waals surface area contributed by atoms with Crippen molar-refractivity contribution in [2.75, 3.05) is 0 Å². The van der Waals surface area contributed by atoms with E-state index in [1.165, 1.54) is 12.5 Å². The SMILES string of the molecule is N#CC1=C\C=C/C=N\N=N/O\C=C/C=C\C=C/C=C\C=C1. The summed E-state index contributed by atoms with van der Waals surface area (Å²) in [4.78, 5) is 4.72. The normalized spacial score (nSPS) is 26.3. The summed E-state index contributed by atoms with van der Waals surface area (Å²) < 4.78 is 0. The largest absolute Gasteiger partial charge is 0.346 e. The molecule has 0 aromatic carbocycles. The molecule has 0 aromatic rings. The fourth-order valence-electron chi connectivity index (χ4n) is 1.10. The average molecular weight is 278 g/mol. The van der Waals surface area contributed by atoms with Crippen molar-refractivity contribution < 1.29 is 4.84 Å². The Hall–Kier alpha value is -3.26. The molecular weight excluding hydrogens is 264 g/mol. The third-order valence-corrected chi connectivity index (χ3v) is 2.00. The van der Waals surface area contributed by atoms with Crippen molar-refractivity contribution in [3.63, 3.8) is 0 Å². The standard InChI is InChI=1S/C16H14N4O/c17-15-16-11-7-5-3-1-2-4-6-10-14-21-20-19-18-13-9-8-12-16/h1-14H/b2-1-,5-3-,6-4-,9-8-,11-7?,14-10-,16-12?,18-13-,20-19-. The Morgan fingerprint density at radius 1 is 0.857 bits per heavy atom. The van der Waals surface area contributed by atoms with Crippen LogP contribution in [0.1, 0.15) is 0 Å². The van der Waals surface area contributed by atoms with Gasteiger partial charge in [-0.15, -0.1) is 5.10 Å². The highest BCUT2D eigenvalue weighted by Gasteiger charge is 1.83. The first-order valence-corrected chi connectivity index (χ1v) is 6.13. The minimum atomic E-state index is 0.528. The molecule has 21 heavy (non-hydrogen) atoms. The number of nitriles is 1. The van der Waals surface area contributed by atoms with E-state index in [0.717, 1.165) is 0 Å². The lowest BCUT2D eigenvalue weighted by atomic mass is 10.2. The summed E-state index contributed by atoms with van der Waals surface area (Å²) in [6.07, 6.45) is 24.0. The van der Waals surface area contributed by atoms with Crippen molar-refractivity contribution >= 4 is 6.21 Å². The maximum atomic E-state index is 8.94. The Labute approximate surface area is 123 Å². The van der Waals surface area contributed by atoms with Crippen molar-refractivity contribution in [3.8, 4) is 6.07 Å². The van der Waals surface area contributed by atoms with E-state index in [9.17, 15) is 0 Å². The van der Waals surface area contributed by atoms with Gasteiger partial charge < -0.3 is 4.84 Å². The Morgan fingerprint density at radius 3 is 2.33 bits per heavy atom. The van der Waals surface area contributed by atoms with E-state index in [1.54, 1.807) is 42.5 Å². The highest BCUT2D eigenvalue weighted by molar-refractivity contribution is 5.71. The Morgan fingerprint density at radius 2 is 1.57 bits per heavy atom. The van der Waals surface area contributed by atoms with Crippen LogP contribution in [0.3, 0.4) is 0 Å². The predicted octanol–water partition coefficient (Wildman–Crippen LogP) is 4.11. The summed E-state index contributed by atoms with van der Waals surface area (Å²) >= 11 is 0. The molecule has 0 N–H and O–H groups in total. The first kappa shape index (κ1) is 15.8. The maximum Gasteiger partial charge on any atom is 0.124 e. The molecule has 1 rings (SSSR count). The molecule has 1 aliphatic heterocycles. The molecule has 0 spiro atoms. The van der Waals surface area contributed by atoms with Crippen molar-refractivity contribution in [1.82, 2.24) is 0 Å². The molecular formula is C16H14N4O. The molecule has 1 heterocycles. The summed E-state index contributed by atoms with van der Waals surface area (Å²) in [7, 11) is 0. The molecule has 5 nitrogen and oxygen atoms in total. The molecule has 0 aromatic heterocycles. The zero-order valence-corrected chi connectivity index (χ0v) is 11.3. The van der Waals surface area contributed by atoms with E-state index in [1.807, 2.05) is 30.4 Å². The quantitative estimate of drug-likeness (QED) is 0.668. The van der Waals surface area contributed by atoms with E-state index in [-0.39, 0.29) is 0 Å². The van der Waals surface area contributed by atoms with Gasteiger partial charge in [0.15, 0.2) is 0 Å². The molecule has 0 bridgehead atoms. The van der Waals surface area contributed by atoms with Crippen LogP contribution in [0.2, 0.25) is 0 Å². The van der Waals surface area contributed by atoms with Gasteiger partial charge in [-0.3, -0.25) is 0 Å². The summed E-state index contributed by atoms with van der Waals surface area (Å²) in [5.41, 5.74) is 0.528. The highest BCUT2D eigenvalue weighted by Crippen LogP contribution is 1.96.